The molecule has 0 bridgehead atoms. The summed E-state index contributed by atoms with van der Waals surface area (Å²) in [6, 6.07) is 8.97. The van der Waals surface area contributed by atoms with E-state index < -0.39 is 0 Å². The third kappa shape index (κ3) is 3.06. The van der Waals surface area contributed by atoms with Gasteiger partial charge in [0.1, 0.15) is 0 Å². The number of ether oxygens (including phenoxy) is 1. The highest BCUT2D eigenvalue weighted by atomic mass is 16.5. The predicted molar refractivity (Wildman–Crippen MR) is 69.8 cm³/mol. The van der Waals surface area contributed by atoms with E-state index in [0.717, 1.165) is 0 Å². The number of nitrogens with zero attached hydrogens (tertiary/aromatic N) is 1. The van der Waals surface area contributed by atoms with Crippen LogP contribution in [0.3, 0.4) is 0 Å². The fourth-order valence-corrected chi connectivity index (χ4v) is 2.61. The first-order chi connectivity index (χ1) is 8.35. The van der Waals surface area contributed by atoms with E-state index in [9.17, 15) is 0 Å². The molecule has 1 heterocycles. The fourth-order valence-electron chi connectivity index (χ4n) is 2.61. The van der Waals surface area contributed by atoms with Crippen molar-refractivity contribution in [1.82, 2.24) is 4.90 Å². The maximum Gasteiger partial charge on any atom is 0.0713 e. The van der Waals surface area contributed by atoms with Crippen molar-refractivity contribution in [3.8, 4) is 0 Å². The van der Waals surface area contributed by atoms with E-state index in [1.54, 1.807) is 7.11 Å². The third-order valence-electron chi connectivity index (χ3n) is 3.45. The van der Waals surface area contributed by atoms with Gasteiger partial charge in [-0.25, -0.2) is 0 Å². The Labute approximate surface area is 104 Å². The lowest BCUT2D eigenvalue weighted by Gasteiger charge is -2.27. The van der Waals surface area contributed by atoms with E-state index in [1.807, 2.05) is 0 Å². The molecule has 2 rings (SSSR count). The number of nitrogens with two attached hydrogens (primary N) is 1. The highest BCUT2D eigenvalue weighted by molar-refractivity contribution is 5.26. The summed E-state index contributed by atoms with van der Waals surface area (Å²) in [6.45, 7) is 3.72. The van der Waals surface area contributed by atoms with Gasteiger partial charge in [0.05, 0.1) is 6.61 Å². The van der Waals surface area contributed by atoms with Crippen LogP contribution in [0, 0.1) is 0 Å². The molecule has 1 aromatic carbocycles. The second-order valence-corrected chi connectivity index (χ2v) is 4.67. The number of hydrogen-bond acceptors (Lipinski definition) is 3. The van der Waals surface area contributed by atoms with E-state index in [-0.39, 0.29) is 0 Å². The van der Waals surface area contributed by atoms with Crippen LogP contribution in [0.25, 0.3) is 0 Å². The van der Waals surface area contributed by atoms with Gasteiger partial charge in [-0.2, -0.15) is 0 Å². The van der Waals surface area contributed by atoms with Crippen molar-refractivity contribution in [3.63, 3.8) is 0 Å². The monoisotopic (exact) mass is 234 g/mol. The van der Waals surface area contributed by atoms with Crippen LogP contribution >= 0.6 is 0 Å². The van der Waals surface area contributed by atoms with Crippen molar-refractivity contribution < 1.29 is 4.74 Å². The van der Waals surface area contributed by atoms with Crippen LogP contribution in [0.1, 0.15) is 30.0 Å². The zero-order valence-corrected chi connectivity index (χ0v) is 10.6. The Kier molecular flexibility index (Phi) is 4.54. The van der Waals surface area contributed by atoms with Crippen molar-refractivity contribution in [3.05, 3.63) is 35.4 Å². The first kappa shape index (κ1) is 12.6. The topological polar surface area (TPSA) is 38.5 Å². The van der Waals surface area contributed by atoms with Crippen LogP contribution in [0.15, 0.2) is 24.3 Å². The van der Waals surface area contributed by atoms with Crippen LogP contribution < -0.4 is 5.73 Å². The van der Waals surface area contributed by atoms with Gasteiger partial charge in [0.25, 0.3) is 0 Å². The molecule has 0 amide bonds. The second kappa shape index (κ2) is 6.15. The number of benzene rings is 1. The molecule has 1 atom stereocenters. The van der Waals surface area contributed by atoms with Crippen LogP contribution in [-0.4, -0.2) is 31.6 Å². The van der Waals surface area contributed by atoms with Gasteiger partial charge >= 0.3 is 0 Å². The second-order valence-electron chi connectivity index (χ2n) is 4.67. The molecule has 94 valence electrons. The summed E-state index contributed by atoms with van der Waals surface area (Å²) < 4.78 is 5.18. The van der Waals surface area contributed by atoms with E-state index in [0.29, 0.717) is 19.2 Å². The lowest BCUT2D eigenvalue weighted by molar-refractivity contribution is 0.184. The summed E-state index contributed by atoms with van der Waals surface area (Å²) in [5.41, 5.74) is 8.48. The summed E-state index contributed by atoms with van der Waals surface area (Å²) in [5.74, 6) is 0. The molecule has 0 aliphatic carbocycles. The number of likely N-dealkylation sites (tertiary alicyclic amines) is 1. The fraction of sp³-hybridized carbons (Fsp3) is 0.571. The van der Waals surface area contributed by atoms with Gasteiger partial charge < -0.3 is 10.5 Å². The molecular weight excluding hydrogens is 212 g/mol. The van der Waals surface area contributed by atoms with Gasteiger partial charge in [-0.1, -0.05) is 24.3 Å². The summed E-state index contributed by atoms with van der Waals surface area (Å²) in [5, 5.41) is 0. The summed E-state index contributed by atoms with van der Waals surface area (Å²) in [7, 11) is 1.73. The lowest BCUT2D eigenvalue weighted by Crippen LogP contribution is -2.31. The molecule has 1 aromatic rings. The molecule has 1 fully saturated rings. The molecule has 0 saturated carbocycles. The molecule has 1 aliphatic heterocycles. The van der Waals surface area contributed by atoms with Crippen LogP contribution in [-0.2, 0) is 11.3 Å². The molecule has 2 N–H and O–H groups in total. The summed E-state index contributed by atoms with van der Waals surface area (Å²) >= 11 is 0. The normalized spacial score (nSPS) is 18.5. The highest BCUT2D eigenvalue weighted by Crippen LogP contribution is 2.24. The minimum absolute atomic E-state index is 0.370. The Hall–Kier alpha value is -0.900. The zero-order valence-electron chi connectivity index (χ0n) is 10.6. The van der Waals surface area contributed by atoms with Gasteiger partial charge in [0, 0.05) is 19.7 Å². The van der Waals surface area contributed by atoms with E-state index in [2.05, 4.69) is 29.2 Å². The largest absolute Gasteiger partial charge is 0.380 e. The number of methoxy groups -OCH3 is 1. The van der Waals surface area contributed by atoms with Gasteiger partial charge in [-0.3, -0.25) is 4.90 Å². The SMILES string of the molecule is COCc1cccc(C(CN)N2CCCC2)c1. The smallest absolute Gasteiger partial charge is 0.0713 e. The van der Waals surface area contributed by atoms with Crippen molar-refractivity contribution in [2.75, 3.05) is 26.7 Å². The Morgan fingerprint density at radius 3 is 2.76 bits per heavy atom. The minimum atomic E-state index is 0.370. The predicted octanol–water partition coefficient (Wildman–Crippen LogP) is 1.93. The standard InChI is InChI=1S/C14H22N2O/c1-17-11-12-5-4-6-13(9-12)14(10-15)16-7-2-3-8-16/h4-6,9,14H,2-3,7-8,10-11,15H2,1H3. The number of rotatable bonds is 5. The van der Waals surface area contributed by atoms with Gasteiger partial charge in [-0.15, -0.1) is 0 Å². The quantitative estimate of drug-likeness (QED) is 0.846. The number of hydrogen-bond donors (Lipinski definition) is 1. The lowest BCUT2D eigenvalue weighted by atomic mass is 10.0. The Bertz CT molecular complexity index is 348. The molecular formula is C14H22N2O. The zero-order chi connectivity index (χ0) is 12.1. The average Bonchev–Trinajstić information content (AvgIpc) is 2.85. The minimum Gasteiger partial charge on any atom is -0.380 e. The molecule has 0 spiro atoms. The first-order valence-corrected chi connectivity index (χ1v) is 6.37. The molecule has 17 heavy (non-hydrogen) atoms. The maximum absolute atomic E-state index is 5.94. The Morgan fingerprint density at radius 1 is 1.35 bits per heavy atom. The van der Waals surface area contributed by atoms with Crippen LogP contribution in [0.2, 0.25) is 0 Å². The molecule has 3 nitrogen and oxygen atoms in total. The van der Waals surface area contributed by atoms with E-state index in [1.165, 1.54) is 37.1 Å². The molecule has 0 radical (unpaired) electrons. The van der Waals surface area contributed by atoms with Crippen molar-refractivity contribution >= 4 is 0 Å². The molecule has 1 aliphatic rings. The van der Waals surface area contributed by atoms with Gasteiger partial charge in [0.2, 0.25) is 0 Å². The Balaban J connectivity index is 2.14. The van der Waals surface area contributed by atoms with Gasteiger partial charge in [-0.05, 0) is 37.1 Å². The molecule has 1 unspecified atom stereocenters. The Morgan fingerprint density at radius 2 is 2.12 bits per heavy atom. The highest BCUT2D eigenvalue weighted by Gasteiger charge is 2.22. The molecule has 1 saturated heterocycles. The van der Waals surface area contributed by atoms with Crippen LogP contribution in [0.4, 0.5) is 0 Å². The maximum atomic E-state index is 5.94. The van der Waals surface area contributed by atoms with Gasteiger partial charge in [0.15, 0.2) is 0 Å². The van der Waals surface area contributed by atoms with Crippen molar-refractivity contribution in [2.24, 2.45) is 5.73 Å². The van der Waals surface area contributed by atoms with E-state index in [4.69, 9.17) is 10.5 Å². The van der Waals surface area contributed by atoms with E-state index >= 15 is 0 Å². The molecule has 3 heteroatoms. The van der Waals surface area contributed by atoms with Crippen molar-refractivity contribution in [2.45, 2.75) is 25.5 Å². The molecule has 0 aromatic heterocycles. The first-order valence-electron chi connectivity index (χ1n) is 6.37. The average molecular weight is 234 g/mol. The summed E-state index contributed by atoms with van der Waals surface area (Å²) in [4.78, 5) is 2.49. The van der Waals surface area contributed by atoms with Crippen LogP contribution in [0.5, 0.6) is 0 Å². The van der Waals surface area contributed by atoms with Crippen molar-refractivity contribution in [1.29, 1.82) is 0 Å². The third-order valence-corrected chi connectivity index (χ3v) is 3.45. The summed E-state index contributed by atoms with van der Waals surface area (Å²) in [6.07, 6.45) is 2.60.